The number of benzene rings is 3. The topological polar surface area (TPSA) is 0 Å². The minimum Gasteiger partial charge on any atom is -0.312 e. The smallest absolute Gasteiger partial charge is 0.105 e. The second-order valence-corrected chi connectivity index (χ2v) is 10.5. The molecule has 0 heterocycles. The van der Waals surface area contributed by atoms with Gasteiger partial charge in [0.2, 0.25) is 0 Å². The molecule has 0 unspecified atom stereocenters. The van der Waals surface area contributed by atoms with Gasteiger partial charge in [-0.1, -0.05) is 142 Å². The van der Waals surface area contributed by atoms with Gasteiger partial charge in [-0.3, -0.25) is 0 Å². The second-order valence-electron chi connectivity index (χ2n) is 10.5. The van der Waals surface area contributed by atoms with Crippen molar-refractivity contribution in [3.63, 3.8) is 0 Å². The highest BCUT2D eigenvalue weighted by atomic mass is 15.3. The van der Waals surface area contributed by atoms with Crippen molar-refractivity contribution in [2.45, 2.75) is 90.8 Å². The van der Waals surface area contributed by atoms with Crippen LogP contribution in [0.15, 0.2) is 103 Å². The lowest BCUT2D eigenvalue weighted by atomic mass is 10.0. The Labute approximate surface area is 221 Å². The van der Waals surface area contributed by atoms with Crippen LogP contribution in [-0.4, -0.2) is 11.0 Å². The van der Waals surface area contributed by atoms with Crippen LogP contribution in [-0.2, 0) is 19.6 Å². The molecule has 1 nitrogen and oxygen atoms in total. The molecule has 0 saturated carbocycles. The van der Waals surface area contributed by atoms with Crippen LogP contribution < -0.4 is 0 Å². The minimum absolute atomic E-state index is 1.08. The van der Waals surface area contributed by atoms with Crippen molar-refractivity contribution in [1.82, 2.24) is 0 Å². The molecule has 0 aliphatic heterocycles. The Morgan fingerprint density at radius 3 is 1.22 bits per heavy atom. The first-order valence-corrected chi connectivity index (χ1v) is 14.4. The lowest BCUT2D eigenvalue weighted by molar-refractivity contribution is -0.966. The molecule has 0 aliphatic carbocycles. The number of hydrogen-bond donors (Lipinski definition) is 0. The summed E-state index contributed by atoms with van der Waals surface area (Å²) in [6, 6.07) is 33.4. The van der Waals surface area contributed by atoms with Crippen LogP contribution in [0.2, 0.25) is 0 Å². The van der Waals surface area contributed by atoms with E-state index in [4.69, 9.17) is 0 Å². The third-order valence-corrected chi connectivity index (χ3v) is 7.32. The third-order valence-electron chi connectivity index (χ3n) is 7.32. The van der Waals surface area contributed by atoms with E-state index in [0.717, 1.165) is 24.1 Å². The maximum absolute atomic E-state index is 2.31. The zero-order chi connectivity index (χ0) is 25.2. The number of unbranched alkanes of at least 4 members (excludes halogenated alkanes) is 9. The zero-order valence-corrected chi connectivity index (χ0v) is 22.7. The van der Waals surface area contributed by atoms with E-state index in [0.29, 0.717) is 0 Å². The predicted molar refractivity (Wildman–Crippen MR) is 157 cm³/mol. The molecular formula is C35H48N+. The maximum Gasteiger partial charge on any atom is 0.105 e. The van der Waals surface area contributed by atoms with E-state index in [2.05, 4.69) is 110 Å². The van der Waals surface area contributed by atoms with Crippen molar-refractivity contribution in [1.29, 1.82) is 0 Å². The number of quaternary nitrogens is 1. The number of hydrogen-bond acceptors (Lipinski definition) is 0. The van der Waals surface area contributed by atoms with E-state index in [1.54, 1.807) is 0 Å². The van der Waals surface area contributed by atoms with Crippen LogP contribution in [0.25, 0.3) is 0 Å². The lowest BCUT2D eigenvalue weighted by Gasteiger charge is -2.39. The third kappa shape index (κ3) is 11.0. The van der Waals surface area contributed by atoms with Crippen LogP contribution >= 0.6 is 0 Å². The second kappa shape index (κ2) is 16.9. The van der Waals surface area contributed by atoms with Crippen molar-refractivity contribution in [2.24, 2.45) is 0 Å². The quantitative estimate of drug-likeness (QED) is 0.0961. The summed E-state index contributed by atoms with van der Waals surface area (Å²) in [5.41, 5.74) is 4.33. The molecule has 0 radical (unpaired) electrons. The van der Waals surface area contributed by atoms with Crippen LogP contribution in [0, 0.1) is 0 Å². The van der Waals surface area contributed by atoms with Gasteiger partial charge in [0.05, 0.1) is 6.54 Å². The number of rotatable bonds is 18. The summed E-state index contributed by atoms with van der Waals surface area (Å²) >= 11 is 0. The first-order valence-electron chi connectivity index (χ1n) is 14.4. The average molecular weight is 483 g/mol. The molecule has 3 aromatic carbocycles. The van der Waals surface area contributed by atoms with Gasteiger partial charge >= 0.3 is 0 Å². The van der Waals surface area contributed by atoms with Crippen molar-refractivity contribution in [3.05, 3.63) is 120 Å². The molecule has 0 spiro atoms. The molecular weight excluding hydrogens is 434 g/mol. The molecule has 0 bridgehead atoms. The summed E-state index contributed by atoms with van der Waals surface area (Å²) in [5, 5.41) is 0. The molecule has 3 aromatic rings. The minimum atomic E-state index is 1.08. The standard InChI is InChI=1S/C35H48N/c1-2-3-4-5-6-7-8-9-10-11-12-22-29-36(30-33-23-16-13-17-24-33,31-34-25-18-14-19-26-34)32-35-27-20-15-21-28-35/h2-3,13-21,23-28H,4-12,22,29-32H2,1H3/q+1/b3-2+. The summed E-state index contributed by atoms with van der Waals surface area (Å²) in [5.74, 6) is 0. The molecule has 0 fully saturated rings. The highest BCUT2D eigenvalue weighted by molar-refractivity contribution is 5.17. The van der Waals surface area contributed by atoms with E-state index < -0.39 is 0 Å². The first-order chi connectivity index (χ1) is 17.8. The summed E-state index contributed by atoms with van der Waals surface area (Å²) < 4.78 is 1.09. The Morgan fingerprint density at radius 1 is 0.472 bits per heavy atom. The van der Waals surface area contributed by atoms with E-state index in [9.17, 15) is 0 Å². The first kappa shape index (κ1) is 27.9. The fraction of sp³-hybridized carbons (Fsp3) is 0.429. The summed E-state index contributed by atoms with van der Waals surface area (Å²) in [4.78, 5) is 0. The normalized spacial score (nSPS) is 11.8. The van der Waals surface area contributed by atoms with Gasteiger partial charge in [0.25, 0.3) is 0 Å². The van der Waals surface area contributed by atoms with E-state index in [1.807, 2.05) is 0 Å². The predicted octanol–water partition coefficient (Wildman–Crippen LogP) is 9.88. The lowest BCUT2D eigenvalue weighted by Crippen LogP contribution is -2.46. The molecule has 0 amide bonds. The average Bonchev–Trinajstić information content (AvgIpc) is 2.91. The zero-order valence-electron chi connectivity index (χ0n) is 22.7. The Balaban J connectivity index is 1.57. The Bertz CT molecular complexity index is 844. The van der Waals surface area contributed by atoms with Crippen LogP contribution in [0.5, 0.6) is 0 Å². The molecule has 192 valence electrons. The van der Waals surface area contributed by atoms with Gasteiger partial charge in [-0.2, -0.15) is 0 Å². The van der Waals surface area contributed by atoms with Gasteiger partial charge in [0.1, 0.15) is 19.6 Å². The fourth-order valence-electron chi connectivity index (χ4n) is 5.43. The molecule has 0 saturated heterocycles. The van der Waals surface area contributed by atoms with Crippen LogP contribution in [0.3, 0.4) is 0 Å². The number of allylic oxidation sites excluding steroid dienone is 2. The summed E-state index contributed by atoms with van der Waals surface area (Å²) in [6.07, 6.45) is 18.1. The largest absolute Gasteiger partial charge is 0.312 e. The van der Waals surface area contributed by atoms with E-state index >= 15 is 0 Å². The molecule has 0 aromatic heterocycles. The van der Waals surface area contributed by atoms with Gasteiger partial charge in [-0.05, 0) is 32.6 Å². The molecule has 36 heavy (non-hydrogen) atoms. The van der Waals surface area contributed by atoms with E-state index in [-0.39, 0.29) is 0 Å². The van der Waals surface area contributed by atoms with Gasteiger partial charge in [-0.15, -0.1) is 0 Å². The SMILES string of the molecule is C/C=C/CCCCCCCCCCC[N+](Cc1ccccc1)(Cc1ccccc1)Cc1ccccc1. The highest BCUT2D eigenvalue weighted by Gasteiger charge is 2.28. The maximum atomic E-state index is 2.31. The number of nitrogens with zero attached hydrogens (tertiary/aromatic N) is 1. The van der Waals surface area contributed by atoms with Crippen molar-refractivity contribution in [2.75, 3.05) is 6.54 Å². The van der Waals surface area contributed by atoms with Crippen molar-refractivity contribution < 1.29 is 4.48 Å². The van der Waals surface area contributed by atoms with Gasteiger partial charge < -0.3 is 4.48 Å². The van der Waals surface area contributed by atoms with Gasteiger partial charge in [0.15, 0.2) is 0 Å². The Kier molecular flexibility index (Phi) is 13.1. The molecule has 0 aliphatic rings. The van der Waals surface area contributed by atoms with Crippen molar-refractivity contribution in [3.8, 4) is 0 Å². The summed E-state index contributed by atoms with van der Waals surface area (Å²) in [7, 11) is 0. The van der Waals surface area contributed by atoms with Gasteiger partial charge in [0, 0.05) is 16.7 Å². The van der Waals surface area contributed by atoms with Gasteiger partial charge in [-0.25, -0.2) is 0 Å². The molecule has 0 atom stereocenters. The van der Waals surface area contributed by atoms with E-state index in [1.165, 1.54) is 87.4 Å². The molecule has 1 heteroatoms. The molecule has 0 N–H and O–H groups in total. The van der Waals surface area contributed by atoms with Crippen LogP contribution in [0.1, 0.15) is 87.8 Å². The summed E-state index contributed by atoms with van der Waals surface area (Å²) in [6.45, 7) is 6.59. The Morgan fingerprint density at radius 2 is 0.833 bits per heavy atom. The molecule has 3 rings (SSSR count). The Hall–Kier alpha value is -2.64. The van der Waals surface area contributed by atoms with Crippen molar-refractivity contribution >= 4 is 0 Å². The monoisotopic (exact) mass is 482 g/mol. The fourth-order valence-corrected chi connectivity index (χ4v) is 5.43. The highest BCUT2D eigenvalue weighted by Crippen LogP contribution is 2.26. The van der Waals surface area contributed by atoms with Crippen LogP contribution in [0.4, 0.5) is 0 Å².